The Morgan fingerprint density at radius 3 is 2.83 bits per heavy atom. The zero-order valence-electron chi connectivity index (χ0n) is 13.2. The molecule has 0 amide bonds. The minimum atomic E-state index is -0.310. The molecule has 0 unspecified atom stereocenters. The van der Waals surface area contributed by atoms with Crippen LogP contribution in [0.15, 0.2) is 30.5 Å². The Morgan fingerprint density at radius 1 is 1.21 bits per heavy atom. The molecule has 1 fully saturated rings. The molecule has 8 heteroatoms. The summed E-state index contributed by atoms with van der Waals surface area (Å²) in [4.78, 5) is 11.3. The normalized spacial score (nSPS) is 15.0. The van der Waals surface area contributed by atoms with Crippen LogP contribution in [0, 0.1) is 5.82 Å². The Labute approximate surface area is 138 Å². The molecule has 0 radical (unpaired) electrons. The highest BCUT2D eigenvalue weighted by atomic mass is 19.1. The minimum Gasteiger partial charge on any atom is -0.378 e. The summed E-state index contributed by atoms with van der Waals surface area (Å²) in [6.07, 6.45) is 1.77. The van der Waals surface area contributed by atoms with Crippen molar-refractivity contribution in [3.8, 4) is 0 Å². The number of benzene rings is 1. The quantitative estimate of drug-likeness (QED) is 0.794. The van der Waals surface area contributed by atoms with Gasteiger partial charge in [-0.25, -0.2) is 4.39 Å². The van der Waals surface area contributed by atoms with E-state index in [1.807, 2.05) is 7.05 Å². The summed E-state index contributed by atoms with van der Waals surface area (Å²) in [5.41, 5.74) is 1.33. The summed E-state index contributed by atoms with van der Waals surface area (Å²) in [6.45, 7) is 2.86. The number of rotatable bonds is 3. The third-order valence-electron chi connectivity index (χ3n) is 3.96. The molecule has 1 aromatic carbocycles. The molecule has 1 saturated heterocycles. The third-order valence-corrected chi connectivity index (χ3v) is 3.96. The zero-order valence-corrected chi connectivity index (χ0v) is 13.2. The van der Waals surface area contributed by atoms with Crippen LogP contribution in [0.1, 0.15) is 0 Å². The van der Waals surface area contributed by atoms with Gasteiger partial charge in [-0.05, 0) is 18.2 Å². The lowest BCUT2D eigenvalue weighted by molar-refractivity contribution is 0.122. The molecule has 0 spiro atoms. The van der Waals surface area contributed by atoms with Crippen LogP contribution in [0.25, 0.3) is 11.0 Å². The Hall–Kier alpha value is -2.74. The predicted molar refractivity (Wildman–Crippen MR) is 89.0 cm³/mol. The Bertz CT molecular complexity index is 874. The van der Waals surface area contributed by atoms with Crippen LogP contribution in [-0.2, 0) is 11.8 Å². The number of halogens is 1. The predicted octanol–water partition coefficient (Wildman–Crippen LogP) is 2.08. The van der Waals surface area contributed by atoms with Gasteiger partial charge in [-0.15, -0.1) is 0 Å². The first-order valence-corrected chi connectivity index (χ1v) is 7.76. The maximum Gasteiger partial charge on any atom is 0.231 e. The van der Waals surface area contributed by atoms with Crippen LogP contribution in [0.4, 0.5) is 21.8 Å². The largest absolute Gasteiger partial charge is 0.378 e. The summed E-state index contributed by atoms with van der Waals surface area (Å²) in [6, 6.07) is 6.22. The van der Waals surface area contributed by atoms with E-state index in [0.717, 1.165) is 29.9 Å². The van der Waals surface area contributed by atoms with Crippen LogP contribution in [-0.4, -0.2) is 46.1 Å². The summed E-state index contributed by atoms with van der Waals surface area (Å²) in [5, 5.41) is 8.25. The minimum absolute atomic E-state index is 0.310. The fourth-order valence-electron chi connectivity index (χ4n) is 2.77. The van der Waals surface area contributed by atoms with Crippen molar-refractivity contribution >= 4 is 28.5 Å². The van der Waals surface area contributed by atoms with Crippen molar-refractivity contribution in [3.63, 3.8) is 0 Å². The van der Waals surface area contributed by atoms with Crippen molar-refractivity contribution in [2.24, 2.45) is 7.05 Å². The average Bonchev–Trinajstić information content (AvgIpc) is 2.96. The molecule has 0 atom stereocenters. The maximum absolute atomic E-state index is 13.4. The topological polar surface area (TPSA) is 68.1 Å². The highest BCUT2D eigenvalue weighted by molar-refractivity contribution is 5.88. The lowest BCUT2D eigenvalue weighted by Gasteiger charge is -2.28. The summed E-state index contributed by atoms with van der Waals surface area (Å²) in [7, 11) is 1.84. The van der Waals surface area contributed by atoms with Gasteiger partial charge in [0.1, 0.15) is 11.6 Å². The maximum atomic E-state index is 13.4. The molecule has 1 aliphatic rings. The van der Waals surface area contributed by atoms with E-state index in [1.165, 1.54) is 12.1 Å². The fourth-order valence-corrected chi connectivity index (χ4v) is 2.77. The molecular formula is C16H17FN6O. The molecule has 3 aromatic rings. The molecule has 1 aliphatic heterocycles. The van der Waals surface area contributed by atoms with Gasteiger partial charge in [0.15, 0.2) is 5.65 Å². The van der Waals surface area contributed by atoms with Crippen LogP contribution in [0.2, 0.25) is 0 Å². The molecule has 0 aliphatic carbocycles. The van der Waals surface area contributed by atoms with Crippen molar-refractivity contribution in [2.75, 3.05) is 36.5 Å². The van der Waals surface area contributed by atoms with Gasteiger partial charge in [-0.1, -0.05) is 6.07 Å². The number of aromatic nitrogens is 4. The van der Waals surface area contributed by atoms with Crippen molar-refractivity contribution in [1.29, 1.82) is 0 Å². The summed E-state index contributed by atoms with van der Waals surface area (Å²) < 4.78 is 20.5. The average molecular weight is 328 g/mol. The number of hydrogen-bond donors (Lipinski definition) is 1. The number of nitrogens with one attached hydrogen (secondary N) is 1. The standard InChI is InChI=1S/C16H17FN6O/c1-22-14-13(10-18-22)15(23-5-7-24-8-6-23)21-16(20-14)19-12-4-2-3-11(17)9-12/h2-4,9-10H,5-8H2,1H3,(H,19,20,21). The fraction of sp³-hybridized carbons (Fsp3) is 0.312. The van der Waals surface area contributed by atoms with Gasteiger partial charge in [0.05, 0.1) is 24.8 Å². The third kappa shape index (κ3) is 2.76. The van der Waals surface area contributed by atoms with E-state index in [-0.39, 0.29) is 5.82 Å². The van der Waals surface area contributed by atoms with Gasteiger partial charge in [-0.3, -0.25) is 4.68 Å². The van der Waals surface area contributed by atoms with Gasteiger partial charge in [0.2, 0.25) is 5.95 Å². The molecule has 3 heterocycles. The number of hydrogen-bond acceptors (Lipinski definition) is 6. The van der Waals surface area contributed by atoms with Crippen LogP contribution >= 0.6 is 0 Å². The lowest BCUT2D eigenvalue weighted by Crippen LogP contribution is -2.37. The summed E-state index contributed by atoms with van der Waals surface area (Å²) >= 11 is 0. The monoisotopic (exact) mass is 328 g/mol. The molecule has 0 saturated carbocycles. The number of ether oxygens (including phenoxy) is 1. The van der Waals surface area contributed by atoms with Gasteiger partial charge in [-0.2, -0.15) is 15.1 Å². The first-order chi connectivity index (χ1) is 11.7. The number of anilines is 3. The van der Waals surface area contributed by atoms with Crippen molar-refractivity contribution in [3.05, 3.63) is 36.3 Å². The highest BCUT2D eigenvalue weighted by Crippen LogP contribution is 2.27. The van der Waals surface area contributed by atoms with Crippen molar-refractivity contribution in [2.45, 2.75) is 0 Å². The van der Waals surface area contributed by atoms with E-state index in [9.17, 15) is 4.39 Å². The Morgan fingerprint density at radius 2 is 2.04 bits per heavy atom. The van der Waals surface area contributed by atoms with E-state index in [2.05, 4.69) is 25.3 Å². The van der Waals surface area contributed by atoms with E-state index in [1.54, 1.807) is 23.0 Å². The SMILES string of the molecule is Cn1ncc2c(N3CCOCC3)nc(Nc3cccc(F)c3)nc21. The smallest absolute Gasteiger partial charge is 0.231 e. The van der Waals surface area contributed by atoms with Crippen LogP contribution in [0.5, 0.6) is 0 Å². The summed E-state index contributed by atoms with van der Waals surface area (Å²) in [5.74, 6) is 0.920. The van der Waals surface area contributed by atoms with Crippen LogP contribution in [0.3, 0.4) is 0 Å². The second kappa shape index (κ2) is 6.04. The number of fused-ring (bicyclic) bond motifs is 1. The Kier molecular flexibility index (Phi) is 3.73. The highest BCUT2D eigenvalue weighted by Gasteiger charge is 2.19. The van der Waals surface area contributed by atoms with E-state index < -0.39 is 0 Å². The molecular weight excluding hydrogens is 311 g/mol. The first-order valence-electron chi connectivity index (χ1n) is 7.76. The second-order valence-corrected chi connectivity index (χ2v) is 5.61. The van der Waals surface area contributed by atoms with E-state index in [4.69, 9.17) is 4.74 Å². The van der Waals surface area contributed by atoms with Gasteiger partial charge in [0.25, 0.3) is 0 Å². The van der Waals surface area contributed by atoms with Crippen LogP contribution < -0.4 is 10.2 Å². The lowest BCUT2D eigenvalue weighted by atomic mass is 10.3. The molecule has 2 aromatic heterocycles. The van der Waals surface area contributed by atoms with Gasteiger partial charge < -0.3 is 15.0 Å². The number of morpholine rings is 1. The van der Waals surface area contributed by atoms with Gasteiger partial charge >= 0.3 is 0 Å². The molecule has 24 heavy (non-hydrogen) atoms. The first kappa shape index (κ1) is 14.8. The second-order valence-electron chi connectivity index (χ2n) is 5.61. The molecule has 7 nitrogen and oxygen atoms in total. The number of aryl methyl sites for hydroxylation is 1. The number of nitrogens with zero attached hydrogens (tertiary/aromatic N) is 5. The van der Waals surface area contributed by atoms with E-state index in [0.29, 0.717) is 24.8 Å². The molecule has 4 rings (SSSR count). The molecule has 0 bridgehead atoms. The van der Waals surface area contributed by atoms with Crippen molar-refractivity contribution < 1.29 is 9.13 Å². The van der Waals surface area contributed by atoms with E-state index >= 15 is 0 Å². The molecule has 1 N–H and O–H groups in total. The van der Waals surface area contributed by atoms with Gasteiger partial charge in [0, 0.05) is 25.8 Å². The zero-order chi connectivity index (χ0) is 16.5. The van der Waals surface area contributed by atoms with Crippen molar-refractivity contribution in [1.82, 2.24) is 19.7 Å². The Balaban J connectivity index is 1.76. The molecule has 124 valence electrons.